The first-order valence-corrected chi connectivity index (χ1v) is 12.5. The van der Waals surface area contributed by atoms with Gasteiger partial charge in [0.15, 0.2) is 0 Å². The molecule has 2 aliphatic heterocycles. The second kappa shape index (κ2) is 10.0. The Morgan fingerprint density at radius 1 is 1.14 bits per heavy atom. The quantitative estimate of drug-likeness (QED) is 0.404. The van der Waals surface area contributed by atoms with Crippen LogP contribution in [0.25, 0.3) is 0 Å². The van der Waals surface area contributed by atoms with E-state index in [4.69, 9.17) is 21.1 Å². The van der Waals surface area contributed by atoms with Gasteiger partial charge in [0.25, 0.3) is 0 Å². The fraction of sp³-hybridized carbons (Fsp3) is 0.500. The molecule has 0 unspecified atom stereocenters. The molecule has 1 aromatic carbocycles. The zero-order valence-electron chi connectivity index (χ0n) is 19.8. The first kappa shape index (κ1) is 25.9. The van der Waals surface area contributed by atoms with Gasteiger partial charge in [0.05, 0.1) is 35.7 Å². The molecule has 0 aliphatic carbocycles. The van der Waals surface area contributed by atoms with Crippen molar-refractivity contribution in [2.24, 2.45) is 16.9 Å². The van der Waals surface area contributed by atoms with Crippen LogP contribution in [0.3, 0.4) is 0 Å². The number of benzene rings is 1. The van der Waals surface area contributed by atoms with E-state index < -0.39 is 23.8 Å². The number of nitrogens with zero attached hydrogens (tertiary/aromatic N) is 4. The van der Waals surface area contributed by atoms with Crippen molar-refractivity contribution in [3.8, 4) is 11.6 Å². The third-order valence-corrected chi connectivity index (χ3v) is 7.61. The van der Waals surface area contributed by atoms with Crippen molar-refractivity contribution < 1.29 is 22.6 Å². The molecule has 0 saturated carbocycles. The molecule has 1 aromatic heterocycles. The highest BCUT2D eigenvalue weighted by Gasteiger charge is 2.47. The van der Waals surface area contributed by atoms with E-state index in [0.29, 0.717) is 26.8 Å². The highest BCUT2D eigenvalue weighted by molar-refractivity contribution is 9.10. The average Bonchev–Trinajstić information content (AvgIpc) is 3.10. The Labute approximate surface area is 216 Å². The van der Waals surface area contributed by atoms with E-state index in [0.717, 1.165) is 25.2 Å². The number of pyridine rings is 1. The summed E-state index contributed by atoms with van der Waals surface area (Å²) in [5.74, 6) is 0.636. The van der Waals surface area contributed by atoms with E-state index in [2.05, 4.69) is 37.8 Å². The van der Waals surface area contributed by atoms with Gasteiger partial charge in [-0.1, -0.05) is 25.4 Å². The Balaban J connectivity index is 1.45. The average molecular weight is 576 g/mol. The number of aromatic nitrogens is 1. The molecule has 1 saturated heterocycles. The molecule has 0 bridgehead atoms. The third kappa shape index (κ3) is 5.33. The summed E-state index contributed by atoms with van der Waals surface area (Å²) in [6, 6.07) is 6.73. The molecular formula is C24H27BrClF3N4O2. The summed E-state index contributed by atoms with van der Waals surface area (Å²) in [7, 11) is 1.57. The normalized spacial score (nSPS) is 25.0. The molecule has 0 radical (unpaired) electrons. The van der Waals surface area contributed by atoms with E-state index in [9.17, 15) is 13.2 Å². The number of anilines is 2. The largest absolute Gasteiger partial charge is 0.490 e. The second-order valence-corrected chi connectivity index (χ2v) is 10.3. The molecule has 6 nitrogen and oxygen atoms in total. The van der Waals surface area contributed by atoms with Crippen LogP contribution in [0.1, 0.15) is 27.2 Å². The zero-order valence-corrected chi connectivity index (χ0v) is 22.2. The van der Waals surface area contributed by atoms with E-state index in [1.165, 1.54) is 5.01 Å². The van der Waals surface area contributed by atoms with Gasteiger partial charge in [-0.15, -0.1) is 0 Å². The SMILES string of the molecule is COc1cc(N2CC[C@@H](Oc3ccc(N4N=C(C(F)(F)F)[C@@H](C)[C@H]4C)c(Br)c3)[C@H](C)C2)c(Cl)cn1. The molecule has 4 rings (SSSR count). The minimum atomic E-state index is -4.45. The second-order valence-electron chi connectivity index (χ2n) is 9.02. The van der Waals surface area contributed by atoms with Crippen molar-refractivity contribution in [1.29, 1.82) is 0 Å². The summed E-state index contributed by atoms with van der Waals surface area (Å²) in [6.45, 7) is 6.90. The monoisotopic (exact) mass is 574 g/mol. The molecule has 2 aliphatic rings. The topological polar surface area (TPSA) is 50.2 Å². The Kier molecular flexibility index (Phi) is 7.43. The number of hydrogen-bond acceptors (Lipinski definition) is 6. The Bertz CT molecular complexity index is 1120. The van der Waals surface area contributed by atoms with Gasteiger partial charge in [-0.2, -0.15) is 18.3 Å². The molecule has 35 heavy (non-hydrogen) atoms. The van der Waals surface area contributed by atoms with Crippen LogP contribution >= 0.6 is 27.5 Å². The van der Waals surface area contributed by atoms with Crippen LogP contribution in [0.15, 0.2) is 40.0 Å². The molecule has 0 amide bonds. The molecular weight excluding hydrogens is 549 g/mol. The molecule has 3 heterocycles. The summed E-state index contributed by atoms with van der Waals surface area (Å²) < 4.78 is 52.1. The van der Waals surface area contributed by atoms with Crippen LogP contribution in [0.2, 0.25) is 5.02 Å². The standard InChI is InChI=1S/C24H27BrClF3N4O2/c1-13-12-32(20-10-22(34-4)30-11-18(20)26)8-7-21(13)35-16-5-6-19(17(25)9-16)33-15(3)14(2)23(31-33)24(27,28)29/h5-6,9-11,13-15,21H,7-8,12H2,1-4H3/t13-,14+,15-,21-/m1/s1. The van der Waals surface area contributed by atoms with Gasteiger partial charge in [0.2, 0.25) is 5.88 Å². The summed E-state index contributed by atoms with van der Waals surface area (Å²) >= 11 is 9.87. The molecule has 2 aromatic rings. The van der Waals surface area contributed by atoms with E-state index in [-0.39, 0.29) is 12.0 Å². The van der Waals surface area contributed by atoms with Gasteiger partial charge >= 0.3 is 6.18 Å². The fourth-order valence-electron chi connectivity index (χ4n) is 4.53. The van der Waals surface area contributed by atoms with Gasteiger partial charge < -0.3 is 14.4 Å². The number of hydrogen-bond donors (Lipinski definition) is 0. The van der Waals surface area contributed by atoms with Crippen LogP contribution in [0, 0.1) is 11.8 Å². The molecule has 4 atom stereocenters. The lowest BCUT2D eigenvalue weighted by Gasteiger charge is -2.38. The van der Waals surface area contributed by atoms with Crippen LogP contribution in [-0.2, 0) is 0 Å². The molecule has 11 heteroatoms. The lowest BCUT2D eigenvalue weighted by atomic mass is 9.96. The Morgan fingerprint density at radius 3 is 2.49 bits per heavy atom. The maximum absolute atomic E-state index is 13.3. The van der Waals surface area contributed by atoms with Gasteiger partial charge in [-0.3, -0.25) is 5.01 Å². The van der Waals surface area contributed by atoms with Gasteiger partial charge in [0, 0.05) is 41.9 Å². The lowest BCUT2D eigenvalue weighted by molar-refractivity contribution is -0.0619. The molecule has 0 spiro atoms. The van der Waals surface area contributed by atoms with E-state index >= 15 is 0 Å². The van der Waals surface area contributed by atoms with Gasteiger partial charge in [-0.05, 0) is 41.1 Å². The van der Waals surface area contributed by atoms with Crippen molar-refractivity contribution in [3.05, 3.63) is 40.0 Å². The van der Waals surface area contributed by atoms with Crippen LogP contribution in [0.5, 0.6) is 11.6 Å². The van der Waals surface area contributed by atoms with Crippen LogP contribution < -0.4 is 19.4 Å². The fourth-order valence-corrected chi connectivity index (χ4v) is 5.29. The smallest absolute Gasteiger partial charge is 0.431 e. The number of ether oxygens (including phenoxy) is 2. The summed E-state index contributed by atoms with van der Waals surface area (Å²) in [4.78, 5) is 6.33. The number of methoxy groups -OCH3 is 1. The zero-order chi connectivity index (χ0) is 25.5. The van der Waals surface area contributed by atoms with Crippen molar-refractivity contribution in [2.45, 2.75) is 45.5 Å². The number of alkyl halides is 3. The van der Waals surface area contributed by atoms with Crippen molar-refractivity contribution >= 4 is 44.6 Å². The number of rotatable bonds is 5. The van der Waals surface area contributed by atoms with Gasteiger partial charge in [0.1, 0.15) is 17.6 Å². The minimum Gasteiger partial charge on any atom is -0.490 e. The van der Waals surface area contributed by atoms with Crippen LogP contribution in [0.4, 0.5) is 24.5 Å². The first-order chi connectivity index (χ1) is 16.5. The predicted molar refractivity (Wildman–Crippen MR) is 135 cm³/mol. The highest BCUT2D eigenvalue weighted by atomic mass is 79.9. The lowest BCUT2D eigenvalue weighted by Crippen LogP contribution is -2.44. The minimum absolute atomic E-state index is 0.0212. The van der Waals surface area contributed by atoms with Crippen LogP contribution in [-0.4, -0.2) is 49.2 Å². The summed E-state index contributed by atoms with van der Waals surface area (Å²) in [5, 5.41) is 5.88. The number of halogens is 5. The molecule has 190 valence electrons. The summed E-state index contributed by atoms with van der Waals surface area (Å²) in [6.07, 6.45) is -2.10. The number of piperidine rings is 1. The third-order valence-electron chi connectivity index (χ3n) is 6.69. The predicted octanol–water partition coefficient (Wildman–Crippen LogP) is 6.56. The van der Waals surface area contributed by atoms with Crippen molar-refractivity contribution in [2.75, 3.05) is 30.1 Å². The molecule has 1 fully saturated rings. The highest BCUT2D eigenvalue weighted by Crippen LogP contribution is 2.40. The maximum atomic E-state index is 13.3. The maximum Gasteiger partial charge on any atom is 0.431 e. The first-order valence-electron chi connectivity index (χ1n) is 11.3. The Morgan fingerprint density at radius 2 is 1.89 bits per heavy atom. The van der Waals surface area contributed by atoms with Crippen molar-refractivity contribution in [1.82, 2.24) is 4.98 Å². The Hall–Kier alpha value is -2.20. The van der Waals surface area contributed by atoms with E-state index in [1.807, 2.05) is 6.07 Å². The molecule has 0 N–H and O–H groups in total. The van der Waals surface area contributed by atoms with Gasteiger partial charge in [-0.25, -0.2) is 4.98 Å². The summed E-state index contributed by atoms with van der Waals surface area (Å²) in [5.41, 5.74) is 0.688. The van der Waals surface area contributed by atoms with Crippen molar-refractivity contribution in [3.63, 3.8) is 0 Å². The number of hydrazone groups is 1. The van der Waals surface area contributed by atoms with E-state index in [1.54, 1.807) is 45.4 Å².